The van der Waals surface area contributed by atoms with Crippen LogP contribution in [-0.2, 0) is 4.79 Å². The number of hydrogen-bond donors (Lipinski definition) is 3. The summed E-state index contributed by atoms with van der Waals surface area (Å²) >= 11 is 0. The summed E-state index contributed by atoms with van der Waals surface area (Å²) in [7, 11) is 0. The molecule has 2 aromatic carbocycles. The highest BCUT2D eigenvalue weighted by atomic mass is 16.2. The fourth-order valence-corrected chi connectivity index (χ4v) is 3.77. The maximum absolute atomic E-state index is 12.2. The average molecular weight is 382 g/mol. The van der Waals surface area contributed by atoms with Gasteiger partial charge < -0.3 is 11.1 Å². The van der Waals surface area contributed by atoms with Gasteiger partial charge in [0.1, 0.15) is 5.82 Å². The first kappa shape index (κ1) is 17.2. The largest absolute Gasteiger partial charge is 0.398 e. The van der Waals surface area contributed by atoms with Crippen LogP contribution in [0.1, 0.15) is 12.0 Å². The van der Waals surface area contributed by atoms with Gasteiger partial charge in [-0.05, 0) is 65.8 Å². The highest BCUT2D eigenvalue weighted by molar-refractivity contribution is 6.01. The van der Waals surface area contributed by atoms with E-state index in [4.69, 9.17) is 11.0 Å². The molecule has 2 heterocycles. The normalized spacial score (nSPS) is 17.9. The molecule has 142 valence electrons. The van der Waals surface area contributed by atoms with Crippen molar-refractivity contribution in [3.8, 4) is 17.2 Å². The Morgan fingerprint density at radius 2 is 2.10 bits per heavy atom. The van der Waals surface area contributed by atoms with Gasteiger partial charge in [-0.2, -0.15) is 10.4 Å². The number of carbonyl (C=O) groups excluding carboxylic acids is 1. The molecule has 0 saturated heterocycles. The molecule has 4 N–H and O–H groups in total. The Hall–Kier alpha value is -3.92. The highest BCUT2D eigenvalue weighted by Crippen LogP contribution is 2.39. The zero-order chi connectivity index (χ0) is 20.1. The fourth-order valence-electron chi connectivity index (χ4n) is 3.77. The third-order valence-electron chi connectivity index (χ3n) is 5.51. The van der Waals surface area contributed by atoms with E-state index in [1.807, 2.05) is 18.2 Å². The van der Waals surface area contributed by atoms with E-state index in [1.54, 1.807) is 12.4 Å². The molecule has 1 amide bonds. The van der Waals surface area contributed by atoms with Crippen LogP contribution in [0.2, 0.25) is 0 Å². The number of anilines is 2. The molecule has 0 radical (unpaired) electrons. The molecule has 2 aromatic heterocycles. The first-order valence-corrected chi connectivity index (χ1v) is 9.37. The summed E-state index contributed by atoms with van der Waals surface area (Å²) in [5, 5.41) is 21.6. The monoisotopic (exact) mass is 382 g/mol. The molecule has 5 rings (SSSR count). The lowest BCUT2D eigenvalue weighted by atomic mass is 9.96. The lowest BCUT2D eigenvalue weighted by molar-refractivity contribution is -0.117. The molecule has 0 spiro atoms. The summed E-state index contributed by atoms with van der Waals surface area (Å²) in [6.07, 6.45) is 4.08. The zero-order valence-corrected chi connectivity index (χ0v) is 15.7. The van der Waals surface area contributed by atoms with Crippen LogP contribution in [0.5, 0.6) is 0 Å². The van der Waals surface area contributed by atoms with E-state index in [2.05, 4.69) is 45.6 Å². The topological polar surface area (TPSA) is 120 Å². The molecule has 4 aromatic rings. The summed E-state index contributed by atoms with van der Waals surface area (Å²) < 4.78 is 0. The van der Waals surface area contributed by atoms with Crippen LogP contribution in [0.25, 0.3) is 32.8 Å². The Morgan fingerprint density at radius 1 is 1.24 bits per heavy atom. The van der Waals surface area contributed by atoms with Gasteiger partial charge in [0.05, 0.1) is 29.6 Å². The Kier molecular flexibility index (Phi) is 3.74. The number of aromatic amines is 1. The molecule has 1 aliphatic rings. The van der Waals surface area contributed by atoms with Crippen molar-refractivity contribution in [2.24, 2.45) is 11.8 Å². The van der Waals surface area contributed by atoms with Gasteiger partial charge in [-0.1, -0.05) is 0 Å². The second-order valence-corrected chi connectivity index (χ2v) is 7.55. The van der Waals surface area contributed by atoms with Crippen LogP contribution in [0, 0.1) is 30.1 Å². The van der Waals surface area contributed by atoms with Crippen molar-refractivity contribution in [3.05, 3.63) is 48.3 Å². The predicted octanol–water partition coefficient (Wildman–Crippen LogP) is 3.77. The number of amides is 1. The van der Waals surface area contributed by atoms with Crippen molar-refractivity contribution in [3.63, 3.8) is 0 Å². The molecule has 1 aliphatic carbocycles. The molecular weight excluding hydrogens is 364 g/mol. The minimum Gasteiger partial charge on any atom is -0.398 e. The molecule has 7 nitrogen and oxygen atoms in total. The van der Waals surface area contributed by atoms with Crippen LogP contribution in [0.3, 0.4) is 0 Å². The number of nitrogen functional groups attached to an aromatic ring is 1. The van der Waals surface area contributed by atoms with Crippen molar-refractivity contribution >= 4 is 39.1 Å². The Labute approximate surface area is 166 Å². The Bertz CT molecular complexity index is 1330. The second kappa shape index (κ2) is 6.31. The lowest BCUT2D eigenvalue weighted by Crippen LogP contribution is -2.15. The summed E-state index contributed by atoms with van der Waals surface area (Å²) in [6, 6.07) is 12.1. The minimum atomic E-state index is -0.238. The van der Waals surface area contributed by atoms with Gasteiger partial charge >= 0.3 is 0 Å². The number of benzene rings is 2. The van der Waals surface area contributed by atoms with E-state index in [1.165, 1.54) is 0 Å². The number of rotatable bonds is 3. The maximum atomic E-state index is 12.2. The van der Waals surface area contributed by atoms with Crippen molar-refractivity contribution < 1.29 is 4.79 Å². The van der Waals surface area contributed by atoms with E-state index >= 15 is 0 Å². The molecule has 1 saturated carbocycles. The number of nitrogens with one attached hydrogen (secondary N) is 2. The number of aryl methyl sites for hydroxylation is 1. The molecule has 2 atom stereocenters. The summed E-state index contributed by atoms with van der Waals surface area (Å²) in [5.74, 6) is -0.116. The number of fused-ring (bicyclic) bond motifs is 2. The van der Waals surface area contributed by atoms with E-state index in [-0.39, 0.29) is 17.7 Å². The predicted molar refractivity (Wildman–Crippen MR) is 112 cm³/mol. The first-order valence-electron chi connectivity index (χ1n) is 9.37. The van der Waals surface area contributed by atoms with Crippen LogP contribution in [0.4, 0.5) is 11.5 Å². The molecule has 29 heavy (non-hydrogen) atoms. The zero-order valence-electron chi connectivity index (χ0n) is 15.7. The SMILES string of the molecule is Cc1cc2[nH]ncc2cc1-c1cc(N)c2cnc(NC(=O)C3C[C@H]3C#N)cc2c1. The lowest BCUT2D eigenvalue weighted by Gasteiger charge is -2.11. The van der Waals surface area contributed by atoms with Gasteiger partial charge in [0, 0.05) is 22.7 Å². The summed E-state index contributed by atoms with van der Waals surface area (Å²) in [4.78, 5) is 16.6. The van der Waals surface area contributed by atoms with Crippen molar-refractivity contribution in [1.82, 2.24) is 15.2 Å². The summed E-state index contributed by atoms with van der Waals surface area (Å²) in [5.41, 5.74) is 11.1. The van der Waals surface area contributed by atoms with E-state index in [9.17, 15) is 4.79 Å². The standard InChI is InChI=1S/C22H18N6O/c1-11-2-20-15(9-26-28-20)5-16(11)12-3-13-7-21(25-10-18(13)19(24)6-12)27-22(29)17-4-14(17)8-23/h2-3,5-7,9-10,14,17H,4,24H2,1H3,(H,26,28)(H,25,27,29)/t14-,17?/m0/s1. The molecule has 1 unspecified atom stereocenters. The molecule has 1 fully saturated rings. The smallest absolute Gasteiger partial charge is 0.230 e. The Morgan fingerprint density at radius 3 is 2.90 bits per heavy atom. The van der Waals surface area contributed by atoms with Crippen LogP contribution < -0.4 is 11.1 Å². The van der Waals surface area contributed by atoms with Gasteiger partial charge in [-0.3, -0.25) is 9.89 Å². The van der Waals surface area contributed by atoms with Crippen LogP contribution in [0.15, 0.2) is 42.7 Å². The number of H-pyrrole nitrogens is 1. The quantitative estimate of drug-likeness (QED) is 0.466. The van der Waals surface area contributed by atoms with Crippen LogP contribution >= 0.6 is 0 Å². The number of carbonyl (C=O) groups is 1. The van der Waals surface area contributed by atoms with Crippen LogP contribution in [-0.4, -0.2) is 21.1 Å². The van der Waals surface area contributed by atoms with Gasteiger partial charge in [-0.15, -0.1) is 0 Å². The van der Waals surface area contributed by atoms with Gasteiger partial charge in [0.25, 0.3) is 0 Å². The molecule has 0 aliphatic heterocycles. The molecule has 7 heteroatoms. The maximum Gasteiger partial charge on any atom is 0.230 e. The third kappa shape index (κ3) is 2.95. The molecular formula is C22H18N6O. The second-order valence-electron chi connectivity index (χ2n) is 7.55. The average Bonchev–Trinajstić information content (AvgIpc) is 3.37. The van der Waals surface area contributed by atoms with Gasteiger partial charge in [0.15, 0.2) is 0 Å². The van der Waals surface area contributed by atoms with Gasteiger partial charge in [0.2, 0.25) is 5.91 Å². The third-order valence-corrected chi connectivity index (χ3v) is 5.51. The number of pyridine rings is 1. The van der Waals surface area contributed by atoms with Crippen molar-refractivity contribution in [2.75, 3.05) is 11.1 Å². The minimum absolute atomic E-state index is 0.159. The van der Waals surface area contributed by atoms with Crippen molar-refractivity contribution in [1.29, 1.82) is 5.26 Å². The molecule has 0 bridgehead atoms. The number of aromatic nitrogens is 3. The highest BCUT2D eigenvalue weighted by Gasteiger charge is 2.43. The Balaban J connectivity index is 1.54. The number of nitrogens with zero attached hydrogens (tertiary/aromatic N) is 3. The van der Waals surface area contributed by atoms with Crippen molar-refractivity contribution in [2.45, 2.75) is 13.3 Å². The fraction of sp³-hybridized carbons (Fsp3) is 0.182. The summed E-state index contributed by atoms with van der Waals surface area (Å²) in [6.45, 7) is 2.05. The number of nitrogens with two attached hydrogens (primary N) is 1. The van der Waals surface area contributed by atoms with E-state index in [0.29, 0.717) is 17.9 Å². The first-order chi connectivity index (χ1) is 14.0. The van der Waals surface area contributed by atoms with Gasteiger partial charge in [-0.25, -0.2) is 4.98 Å². The number of nitriles is 1. The van der Waals surface area contributed by atoms with E-state index < -0.39 is 0 Å². The number of hydrogen-bond acceptors (Lipinski definition) is 5. The van der Waals surface area contributed by atoms with E-state index in [0.717, 1.165) is 38.4 Å².